The maximum Gasteiger partial charge on any atom is 1.00 e. The number of benzene rings is 1. The minimum atomic E-state index is -3.29. The van der Waals surface area contributed by atoms with Crippen LogP contribution in [0, 0.1) is 6.92 Å². The van der Waals surface area contributed by atoms with E-state index in [1.165, 1.54) is 0 Å². The van der Waals surface area contributed by atoms with Gasteiger partial charge in [0.1, 0.15) is 0 Å². The third-order valence-electron chi connectivity index (χ3n) is 1.87. The van der Waals surface area contributed by atoms with Gasteiger partial charge in [0.2, 0.25) is 10.0 Å². The molecule has 0 amide bonds. The molecule has 0 aliphatic heterocycles. The van der Waals surface area contributed by atoms with E-state index in [2.05, 4.69) is 4.72 Å². The van der Waals surface area contributed by atoms with E-state index in [0.29, 0.717) is 11.4 Å². The van der Waals surface area contributed by atoms with E-state index in [0.717, 1.165) is 12.0 Å². The van der Waals surface area contributed by atoms with Crippen LogP contribution in [0.25, 0.3) is 0 Å². The topological polar surface area (TPSA) is 46.2 Å². The zero-order valence-electron chi connectivity index (χ0n) is 10.4. The standard InChI is InChI=1S/C10H15NO2S.Na.H/c1-3-8-11-14(12,13)10-6-4-9(2)5-7-10;;/h4-7,11H,3,8H2,1-2H3;;/q;+1;-1. The minimum Gasteiger partial charge on any atom is -1.00 e. The molecule has 1 aromatic rings. The van der Waals surface area contributed by atoms with Gasteiger partial charge in [0.15, 0.2) is 0 Å². The molecule has 0 unspecified atom stereocenters. The van der Waals surface area contributed by atoms with Gasteiger partial charge in [-0.05, 0) is 25.5 Å². The van der Waals surface area contributed by atoms with Gasteiger partial charge >= 0.3 is 29.6 Å². The molecule has 0 bridgehead atoms. The van der Waals surface area contributed by atoms with Crippen molar-refractivity contribution in [3.63, 3.8) is 0 Å². The summed E-state index contributed by atoms with van der Waals surface area (Å²) in [6.45, 7) is 4.34. The largest absolute Gasteiger partial charge is 1.00 e. The first-order valence-electron chi connectivity index (χ1n) is 4.62. The molecule has 1 aromatic carbocycles. The van der Waals surface area contributed by atoms with Gasteiger partial charge < -0.3 is 1.43 Å². The van der Waals surface area contributed by atoms with E-state index in [1.54, 1.807) is 24.3 Å². The summed E-state index contributed by atoms with van der Waals surface area (Å²) in [6.07, 6.45) is 0.797. The van der Waals surface area contributed by atoms with Crippen molar-refractivity contribution in [2.45, 2.75) is 25.2 Å². The van der Waals surface area contributed by atoms with Crippen LogP contribution in [0.3, 0.4) is 0 Å². The van der Waals surface area contributed by atoms with E-state index >= 15 is 0 Å². The zero-order chi connectivity index (χ0) is 10.6. The van der Waals surface area contributed by atoms with Crippen molar-refractivity contribution >= 4 is 10.0 Å². The Morgan fingerprint density at radius 2 is 1.80 bits per heavy atom. The van der Waals surface area contributed by atoms with Gasteiger partial charge in [-0.15, -0.1) is 0 Å². The Bertz CT molecular complexity index is 392. The molecule has 0 aromatic heterocycles. The monoisotopic (exact) mass is 237 g/mol. The molecule has 1 rings (SSSR count). The van der Waals surface area contributed by atoms with Crippen LogP contribution in [0.4, 0.5) is 0 Å². The first-order chi connectivity index (χ1) is 6.56. The van der Waals surface area contributed by atoms with Gasteiger partial charge in [-0.1, -0.05) is 24.6 Å². The smallest absolute Gasteiger partial charge is 1.00 e. The maximum absolute atomic E-state index is 11.6. The summed E-state index contributed by atoms with van der Waals surface area (Å²) >= 11 is 0. The molecule has 0 atom stereocenters. The summed E-state index contributed by atoms with van der Waals surface area (Å²) in [5.74, 6) is 0. The minimum absolute atomic E-state index is 0. The van der Waals surface area contributed by atoms with Crippen molar-refractivity contribution in [2.24, 2.45) is 0 Å². The Balaban J connectivity index is 0. The zero-order valence-corrected chi connectivity index (χ0v) is 12.3. The van der Waals surface area contributed by atoms with Crippen LogP contribution in [-0.4, -0.2) is 15.0 Å². The summed E-state index contributed by atoms with van der Waals surface area (Å²) in [7, 11) is -3.29. The molecular formula is C10H16NNaO2S. The van der Waals surface area contributed by atoms with Crippen LogP contribution >= 0.6 is 0 Å². The summed E-state index contributed by atoms with van der Waals surface area (Å²) in [4.78, 5) is 0.330. The molecule has 0 fully saturated rings. The normalized spacial score (nSPS) is 10.8. The number of hydrogen-bond donors (Lipinski definition) is 1. The molecule has 0 heterocycles. The molecule has 0 aliphatic carbocycles. The molecule has 15 heavy (non-hydrogen) atoms. The van der Waals surface area contributed by atoms with Crippen LogP contribution in [0.15, 0.2) is 29.2 Å². The van der Waals surface area contributed by atoms with Gasteiger partial charge in [-0.25, -0.2) is 13.1 Å². The Kier molecular flexibility index (Phi) is 6.71. The average molecular weight is 237 g/mol. The first kappa shape index (κ1) is 15.1. The van der Waals surface area contributed by atoms with E-state index < -0.39 is 10.0 Å². The molecule has 0 saturated carbocycles. The SMILES string of the molecule is CCCNS(=O)(=O)c1ccc(C)cc1.[H-].[Na+]. The molecule has 5 heteroatoms. The van der Waals surface area contributed by atoms with Gasteiger partial charge in [-0.3, -0.25) is 0 Å². The summed E-state index contributed by atoms with van der Waals surface area (Å²) in [5.41, 5.74) is 1.06. The predicted molar refractivity (Wildman–Crippen MR) is 57.8 cm³/mol. The molecule has 80 valence electrons. The number of sulfonamides is 1. The van der Waals surface area contributed by atoms with Gasteiger partial charge in [0, 0.05) is 6.54 Å². The fourth-order valence-corrected chi connectivity index (χ4v) is 2.17. The van der Waals surface area contributed by atoms with E-state index in [-0.39, 0.29) is 31.0 Å². The number of rotatable bonds is 4. The Hall–Kier alpha value is 0.130. The first-order valence-corrected chi connectivity index (χ1v) is 6.11. The second kappa shape index (κ2) is 6.66. The predicted octanol–water partition coefficient (Wildman–Crippen LogP) is -1.20. The second-order valence-electron chi connectivity index (χ2n) is 3.21. The maximum atomic E-state index is 11.6. The van der Waals surface area contributed by atoms with Crippen molar-refractivity contribution in [3.05, 3.63) is 29.8 Å². The number of aryl methyl sites for hydroxylation is 1. The molecule has 0 aliphatic rings. The third kappa shape index (κ3) is 4.66. The Labute approximate surface area is 115 Å². The molecular weight excluding hydrogens is 221 g/mol. The van der Waals surface area contributed by atoms with Crippen molar-refractivity contribution in [3.8, 4) is 0 Å². The summed E-state index contributed by atoms with van der Waals surface area (Å²) in [6, 6.07) is 6.82. The van der Waals surface area contributed by atoms with Crippen LogP contribution in [0.2, 0.25) is 0 Å². The van der Waals surface area contributed by atoms with Crippen molar-refractivity contribution < 1.29 is 39.4 Å². The summed E-state index contributed by atoms with van der Waals surface area (Å²) in [5, 5.41) is 0. The molecule has 0 radical (unpaired) electrons. The van der Waals surface area contributed by atoms with Crippen molar-refractivity contribution in [1.29, 1.82) is 0 Å². The Morgan fingerprint density at radius 1 is 1.27 bits per heavy atom. The quantitative estimate of drug-likeness (QED) is 0.669. The van der Waals surface area contributed by atoms with E-state index in [9.17, 15) is 8.42 Å². The van der Waals surface area contributed by atoms with Gasteiger partial charge in [0.05, 0.1) is 4.90 Å². The Morgan fingerprint density at radius 3 is 2.27 bits per heavy atom. The fraction of sp³-hybridized carbons (Fsp3) is 0.400. The van der Waals surface area contributed by atoms with Gasteiger partial charge in [0.25, 0.3) is 0 Å². The van der Waals surface area contributed by atoms with Gasteiger partial charge in [-0.2, -0.15) is 0 Å². The van der Waals surface area contributed by atoms with Crippen LogP contribution in [-0.2, 0) is 10.0 Å². The fourth-order valence-electron chi connectivity index (χ4n) is 1.04. The van der Waals surface area contributed by atoms with Crippen LogP contribution < -0.4 is 34.3 Å². The van der Waals surface area contributed by atoms with Crippen LogP contribution in [0.5, 0.6) is 0 Å². The van der Waals surface area contributed by atoms with E-state index in [1.807, 2.05) is 13.8 Å². The van der Waals surface area contributed by atoms with Crippen LogP contribution in [0.1, 0.15) is 20.3 Å². The van der Waals surface area contributed by atoms with Crippen molar-refractivity contribution in [2.75, 3.05) is 6.54 Å². The average Bonchev–Trinajstić information content (AvgIpc) is 2.16. The van der Waals surface area contributed by atoms with Crippen molar-refractivity contribution in [1.82, 2.24) is 4.72 Å². The molecule has 1 N–H and O–H groups in total. The molecule has 0 saturated heterocycles. The number of hydrogen-bond acceptors (Lipinski definition) is 2. The number of nitrogens with one attached hydrogen (secondary N) is 1. The third-order valence-corrected chi connectivity index (χ3v) is 3.35. The van der Waals surface area contributed by atoms with E-state index in [4.69, 9.17) is 0 Å². The molecule has 0 spiro atoms. The molecule has 3 nitrogen and oxygen atoms in total. The second-order valence-corrected chi connectivity index (χ2v) is 4.98. The summed E-state index contributed by atoms with van der Waals surface area (Å²) < 4.78 is 25.7.